The molecule has 0 radical (unpaired) electrons. The van der Waals surface area contributed by atoms with Gasteiger partial charge < -0.3 is 9.84 Å². The van der Waals surface area contributed by atoms with Crippen LogP contribution in [-0.2, 0) is 0 Å². The Kier molecular flexibility index (Phi) is 2.82. The summed E-state index contributed by atoms with van der Waals surface area (Å²) in [7, 11) is 0. The van der Waals surface area contributed by atoms with Crippen molar-refractivity contribution in [1.29, 1.82) is 0 Å². The van der Waals surface area contributed by atoms with Gasteiger partial charge in [-0.25, -0.2) is 0 Å². The summed E-state index contributed by atoms with van der Waals surface area (Å²) in [5, 5.41) is 7.32. The van der Waals surface area contributed by atoms with Crippen LogP contribution in [0.3, 0.4) is 0 Å². The van der Waals surface area contributed by atoms with Crippen molar-refractivity contribution in [3.63, 3.8) is 0 Å². The standard InChI is InChI=1S/C10H17N3O/c1-7(2)9-12-10(14-13-9)8-4-3-5-11-6-8/h7-8,11H,3-6H2,1-2H3. The molecular formula is C10H17N3O. The van der Waals surface area contributed by atoms with Crippen LogP contribution in [0.1, 0.15) is 50.2 Å². The smallest absolute Gasteiger partial charge is 0.231 e. The quantitative estimate of drug-likeness (QED) is 0.779. The molecule has 1 aromatic heterocycles. The Balaban J connectivity index is 2.07. The molecule has 14 heavy (non-hydrogen) atoms. The lowest BCUT2D eigenvalue weighted by molar-refractivity contribution is 0.319. The maximum Gasteiger partial charge on any atom is 0.231 e. The minimum Gasteiger partial charge on any atom is -0.339 e. The molecule has 0 saturated carbocycles. The van der Waals surface area contributed by atoms with Crippen LogP contribution in [0.2, 0.25) is 0 Å². The molecule has 1 atom stereocenters. The largest absolute Gasteiger partial charge is 0.339 e. The Morgan fingerprint density at radius 3 is 2.93 bits per heavy atom. The molecule has 4 heteroatoms. The van der Waals surface area contributed by atoms with Gasteiger partial charge in [0.05, 0.1) is 5.92 Å². The molecule has 1 aliphatic rings. The van der Waals surface area contributed by atoms with E-state index >= 15 is 0 Å². The lowest BCUT2D eigenvalue weighted by atomic mass is 10.00. The van der Waals surface area contributed by atoms with Crippen molar-refractivity contribution in [2.75, 3.05) is 13.1 Å². The Bertz CT molecular complexity index is 289. The zero-order valence-corrected chi connectivity index (χ0v) is 8.79. The molecule has 0 bridgehead atoms. The van der Waals surface area contributed by atoms with Gasteiger partial charge >= 0.3 is 0 Å². The third-order valence-electron chi connectivity index (χ3n) is 2.62. The van der Waals surface area contributed by atoms with E-state index < -0.39 is 0 Å². The third-order valence-corrected chi connectivity index (χ3v) is 2.62. The van der Waals surface area contributed by atoms with Gasteiger partial charge in [0.15, 0.2) is 5.82 Å². The van der Waals surface area contributed by atoms with Crippen LogP contribution in [0.5, 0.6) is 0 Å². The van der Waals surface area contributed by atoms with Crippen LogP contribution >= 0.6 is 0 Å². The summed E-state index contributed by atoms with van der Waals surface area (Å²) in [6.07, 6.45) is 2.36. The average Bonchev–Trinajstić information content (AvgIpc) is 2.68. The van der Waals surface area contributed by atoms with Crippen LogP contribution < -0.4 is 5.32 Å². The molecule has 0 amide bonds. The van der Waals surface area contributed by atoms with Crippen LogP contribution in [0.15, 0.2) is 4.52 Å². The number of aromatic nitrogens is 2. The van der Waals surface area contributed by atoms with Crippen molar-refractivity contribution in [2.45, 2.75) is 38.5 Å². The molecule has 2 heterocycles. The summed E-state index contributed by atoms with van der Waals surface area (Å²) in [5.41, 5.74) is 0. The van der Waals surface area contributed by atoms with Gasteiger partial charge in [0, 0.05) is 12.5 Å². The number of hydrogen-bond donors (Lipinski definition) is 1. The number of nitrogens with one attached hydrogen (secondary N) is 1. The molecule has 2 rings (SSSR count). The second-order valence-electron chi connectivity index (χ2n) is 4.19. The summed E-state index contributed by atoms with van der Waals surface area (Å²) < 4.78 is 5.26. The van der Waals surface area contributed by atoms with Crippen molar-refractivity contribution < 1.29 is 4.52 Å². The van der Waals surface area contributed by atoms with E-state index in [1.807, 2.05) is 0 Å². The summed E-state index contributed by atoms with van der Waals surface area (Å²) >= 11 is 0. The molecule has 0 aliphatic carbocycles. The molecule has 4 nitrogen and oxygen atoms in total. The maximum atomic E-state index is 5.26. The van der Waals surface area contributed by atoms with E-state index in [1.54, 1.807) is 0 Å². The van der Waals surface area contributed by atoms with E-state index in [0.717, 1.165) is 31.2 Å². The van der Waals surface area contributed by atoms with Gasteiger partial charge in [-0.2, -0.15) is 4.98 Å². The summed E-state index contributed by atoms with van der Waals surface area (Å²) in [6, 6.07) is 0. The topological polar surface area (TPSA) is 51.0 Å². The van der Waals surface area contributed by atoms with E-state index in [1.165, 1.54) is 6.42 Å². The minimum atomic E-state index is 0.351. The van der Waals surface area contributed by atoms with Gasteiger partial charge in [-0.05, 0) is 19.4 Å². The first-order valence-corrected chi connectivity index (χ1v) is 5.31. The first-order valence-electron chi connectivity index (χ1n) is 5.31. The highest BCUT2D eigenvalue weighted by molar-refractivity contribution is 4.98. The SMILES string of the molecule is CC(C)c1noc(C2CCCNC2)n1. The molecule has 1 N–H and O–H groups in total. The Morgan fingerprint density at radius 2 is 2.36 bits per heavy atom. The Labute approximate surface area is 84.1 Å². The number of rotatable bonds is 2. The molecular weight excluding hydrogens is 178 g/mol. The van der Waals surface area contributed by atoms with Gasteiger partial charge in [-0.15, -0.1) is 0 Å². The summed E-state index contributed by atoms with van der Waals surface area (Å²) in [4.78, 5) is 4.42. The van der Waals surface area contributed by atoms with Crippen molar-refractivity contribution in [3.05, 3.63) is 11.7 Å². The van der Waals surface area contributed by atoms with Gasteiger partial charge in [0.2, 0.25) is 5.89 Å². The molecule has 1 fully saturated rings. The second kappa shape index (κ2) is 4.09. The van der Waals surface area contributed by atoms with E-state index in [4.69, 9.17) is 4.52 Å². The molecule has 1 unspecified atom stereocenters. The minimum absolute atomic E-state index is 0.351. The van der Waals surface area contributed by atoms with E-state index in [2.05, 4.69) is 29.3 Å². The zero-order chi connectivity index (χ0) is 9.97. The van der Waals surface area contributed by atoms with E-state index in [-0.39, 0.29) is 0 Å². The molecule has 1 aromatic rings. The lowest BCUT2D eigenvalue weighted by Crippen LogP contribution is -2.28. The highest BCUT2D eigenvalue weighted by Gasteiger charge is 2.21. The predicted octanol–water partition coefficient (Wildman–Crippen LogP) is 1.66. The summed E-state index contributed by atoms with van der Waals surface area (Å²) in [5.74, 6) is 2.40. The second-order valence-corrected chi connectivity index (χ2v) is 4.19. The van der Waals surface area contributed by atoms with Crippen molar-refractivity contribution in [1.82, 2.24) is 15.5 Å². The number of hydrogen-bond acceptors (Lipinski definition) is 4. The monoisotopic (exact) mass is 195 g/mol. The van der Waals surface area contributed by atoms with Crippen LogP contribution in [0, 0.1) is 0 Å². The molecule has 78 valence electrons. The first kappa shape index (κ1) is 9.65. The van der Waals surface area contributed by atoms with Gasteiger partial charge in [-0.3, -0.25) is 0 Å². The Morgan fingerprint density at radius 1 is 1.50 bits per heavy atom. The highest BCUT2D eigenvalue weighted by Crippen LogP contribution is 2.22. The van der Waals surface area contributed by atoms with Crippen LogP contribution in [0.25, 0.3) is 0 Å². The van der Waals surface area contributed by atoms with Gasteiger partial charge in [0.25, 0.3) is 0 Å². The maximum absolute atomic E-state index is 5.26. The normalized spacial score (nSPS) is 22.9. The number of piperidine rings is 1. The average molecular weight is 195 g/mol. The van der Waals surface area contributed by atoms with Gasteiger partial charge in [0.1, 0.15) is 0 Å². The fourth-order valence-electron chi connectivity index (χ4n) is 1.71. The fraction of sp³-hybridized carbons (Fsp3) is 0.800. The van der Waals surface area contributed by atoms with Gasteiger partial charge in [-0.1, -0.05) is 19.0 Å². The molecule has 1 aliphatic heterocycles. The predicted molar refractivity (Wildman–Crippen MR) is 53.2 cm³/mol. The lowest BCUT2D eigenvalue weighted by Gasteiger charge is -2.18. The number of nitrogens with zero attached hydrogens (tertiary/aromatic N) is 2. The zero-order valence-electron chi connectivity index (χ0n) is 8.79. The Hall–Kier alpha value is -0.900. The van der Waals surface area contributed by atoms with Crippen molar-refractivity contribution in [2.24, 2.45) is 0 Å². The highest BCUT2D eigenvalue weighted by atomic mass is 16.5. The summed E-state index contributed by atoms with van der Waals surface area (Å²) in [6.45, 7) is 6.24. The van der Waals surface area contributed by atoms with Crippen LogP contribution in [-0.4, -0.2) is 23.2 Å². The van der Waals surface area contributed by atoms with Crippen molar-refractivity contribution >= 4 is 0 Å². The fourth-order valence-corrected chi connectivity index (χ4v) is 1.71. The third kappa shape index (κ3) is 1.95. The first-order chi connectivity index (χ1) is 6.77. The molecule has 1 saturated heterocycles. The van der Waals surface area contributed by atoms with Crippen LogP contribution in [0.4, 0.5) is 0 Å². The van der Waals surface area contributed by atoms with E-state index in [0.29, 0.717) is 11.8 Å². The molecule has 0 aromatic carbocycles. The van der Waals surface area contributed by atoms with E-state index in [9.17, 15) is 0 Å². The molecule has 0 spiro atoms. The van der Waals surface area contributed by atoms with Crippen molar-refractivity contribution in [3.8, 4) is 0 Å².